The van der Waals surface area contributed by atoms with E-state index in [2.05, 4.69) is 19.9 Å². The molecule has 0 aromatic heterocycles. The number of benzene rings is 1. The van der Waals surface area contributed by atoms with Gasteiger partial charge in [-0.15, -0.1) is 0 Å². The van der Waals surface area contributed by atoms with E-state index in [0.29, 0.717) is 30.5 Å². The van der Waals surface area contributed by atoms with E-state index in [1.165, 1.54) is 0 Å². The predicted molar refractivity (Wildman–Crippen MR) is 63.4 cm³/mol. The van der Waals surface area contributed by atoms with Crippen LogP contribution in [0.4, 0.5) is 0 Å². The molecule has 0 aliphatic carbocycles. The maximum absolute atomic E-state index is 5.54. The van der Waals surface area contributed by atoms with Crippen LogP contribution >= 0.6 is 0 Å². The lowest BCUT2D eigenvalue weighted by molar-refractivity contribution is 0.284. The van der Waals surface area contributed by atoms with Crippen LogP contribution in [0.1, 0.15) is 26.7 Å². The SMILES string of the molecule is CCCOc1[c]c(OCCC)c(OC)cc1. The summed E-state index contributed by atoms with van der Waals surface area (Å²) in [5.74, 6) is 2.02. The average molecular weight is 223 g/mol. The first-order chi connectivity index (χ1) is 7.81. The van der Waals surface area contributed by atoms with Crippen LogP contribution in [0, 0.1) is 6.07 Å². The van der Waals surface area contributed by atoms with Gasteiger partial charge in [0, 0.05) is 0 Å². The van der Waals surface area contributed by atoms with E-state index in [-0.39, 0.29) is 0 Å². The Kier molecular flexibility index (Phi) is 5.54. The van der Waals surface area contributed by atoms with Gasteiger partial charge in [0.2, 0.25) is 0 Å². The molecule has 0 heterocycles. The molecule has 0 saturated heterocycles. The largest absolute Gasteiger partial charge is 0.493 e. The number of ether oxygens (including phenoxy) is 3. The maximum Gasteiger partial charge on any atom is 0.172 e. The fourth-order valence-corrected chi connectivity index (χ4v) is 1.21. The van der Waals surface area contributed by atoms with Crippen molar-refractivity contribution in [3.8, 4) is 17.2 Å². The minimum Gasteiger partial charge on any atom is -0.493 e. The van der Waals surface area contributed by atoms with Gasteiger partial charge in [0.15, 0.2) is 11.5 Å². The Bertz CT molecular complexity index is 310. The molecule has 1 aromatic rings. The van der Waals surface area contributed by atoms with Crippen LogP contribution < -0.4 is 14.2 Å². The van der Waals surface area contributed by atoms with Gasteiger partial charge in [-0.1, -0.05) is 13.8 Å². The number of hydrogen-bond acceptors (Lipinski definition) is 3. The smallest absolute Gasteiger partial charge is 0.172 e. The molecule has 1 aromatic carbocycles. The zero-order chi connectivity index (χ0) is 11.8. The summed E-state index contributed by atoms with van der Waals surface area (Å²) in [5, 5.41) is 0. The molecule has 0 bridgehead atoms. The van der Waals surface area contributed by atoms with Crippen LogP contribution in [0.15, 0.2) is 12.1 Å². The van der Waals surface area contributed by atoms with Crippen molar-refractivity contribution in [2.45, 2.75) is 26.7 Å². The summed E-state index contributed by atoms with van der Waals surface area (Å²) < 4.78 is 16.2. The molecule has 0 saturated carbocycles. The van der Waals surface area contributed by atoms with Gasteiger partial charge in [0.1, 0.15) is 5.75 Å². The van der Waals surface area contributed by atoms with Crippen molar-refractivity contribution in [3.05, 3.63) is 18.2 Å². The van der Waals surface area contributed by atoms with Crippen LogP contribution in [-0.2, 0) is 0 Å². The van der Waals surface area contributed by atoms with E-state index >= 15 is 0 Å². The van der Waals surface area contributed by atoms with Gasteiger partial charge in [0.25, 0.3) is 0 Å². The van der Waals surface area contributed by atoms with Gasteiger partial charge in [0.05, 0.1) is 26.4 Å². The minimum atomic E-state index is 0.623. The highest BCUT2D eigenvalue weighted by molar-refractivity contribution is 5.44. The Morgan fingerprint density at radius 3 is 2.38 bits per heavy atom. The molecule has 1 radical (unpaired) electrons. The van der Waals surface area contributed by atoms with E-state index in [9.17, 15) is 0 Å². The standard InChI is InChI=1S/C13H19O3/c1-4-8-15-11-6-7-12(14-3)13(10-11)16-9-5-2/h6-7H,4-5,8-9H2,1-3H3. The van der Waals surface area contributed by atoms with Crippen molar-refractivity contribution in [2.24, 2.45) is 0 Å². The topological polar surface area (TPSA) is 27.7 Å². The van der Waals surface area contributed by atoms with E-state index in [1.807, 2.05) is 12.1 Å². The quantitative estimate of drug-likeness (QED) is 0.711. The second-order valence-electron chi connectivity index (χ2n) is 3.42. The van der Waals surface area contributed by atoms with Gasteiger partial charge in [-0.05, 0) is 25.0 Å². The first kappa shape index (κ1) is 12.7. The summed E-state index contributed by atoms with van der Waals surface area (Å²) in [6.07, 6.45) is 1.93. The molecule has 0 aliphatic rings. The molecule has 0 fully saturated rings. The Labute approximate surface area is 97.3 Å². The van der Waals surface area contributed by atoms with Crippen LogP contribution in [-0.4, -0.2) is 20.3 Å². The lowest BCUT2D eigenvalue weighted by Gasteiger charge is -2.11. The van der Waals surface area contributed by atoms with Crippen molar-refractivity contribution >= 4 is 0 Å². The molecule has 0 amide bonds. The summed E-state index contributed by atoms with van der Waals surface area (Å²) in [6, 6.07) is 6.74. The third kappa shape index (κ3) is 3.65. The van der Waals surface area contributed by atoms with E-state index in [0.717, 1.165) is 12.8 Å². The lowest BCUT2D eigenvalue weighted by atomic mass is 10.3. The first-order valence-corrected chi connectivity index (χ1v) is 5.67. The van der Waals surface area contributed by atoms with Gasteiger partial charge in [-0.2, -0.15) is 0 Å². The lowest BCUT2D eigenvalue weighted by Crippen LogP contribution is -2.00. The average Bonchev–Trinajstić information content (AvgIpc) is 2.33. The molecular weight excluding hydrogens is 204 g/mol. The molecule has 3 nitrogen and oxygen atoms in total. The molecule has 0 N–H and O–H groups in total. The van der Waals surface area contributed by atoms with Crippen LogP contribution in [0.2, 0.25) is 0 Å². The van der Waals surface area contributed by atoms with E-state index < -0.39 is 0 Å². The highest BCUT2D eigenvalue weighted by Gasteiger charge is 2.06. The number of methoxy groups -OCH3 is 1. The van der Waals surface area contributed by atoms with Crippen molar-refractivity contribution < 1.29 is 14.2 Å². The Balaban J connectivity index is 2.74. The summed E-state index contributed by atoms with van der Waals surface area (Å²) in [7, 11) is 1.62. The van der Waals surface area contributed by atoms with Crippen LogP contribution in [0.25, 0.3) is 0 Å². The molecule has 0 spiro atoms. The molecule has 89 valence electrons. The highest BCUT2D eigenvalue weighted by Crippen LogP contribution is 2.30. The van der Waals surface area contributed by atoms with Crippen molar-refractivity contribution in [1.82, 2.24) is 0 Å². The van der Waals surface area contributed by atoms with Gasteiger partial charge in [-0.25, -0.2) is 0 Å². The van der Waals surface area contributed by atoms with Crippen molar-refractivity contribution in [2.75, 3.05) is 20.3 Å². The first-order valence-electron chi connectivity index (χ1n) is 5.67. The Hall–Kier alpha value is -1.38. The summed E-state index contributed by atoms with van der Waals surface area (Å²) in [4.78, 5) is 0. The summed E-state index contributed by atoms with van der Waals surface area (Å²) in [5.41, 5.74) is 0. The van der Waals surface area contributed by atoms with E-state index in [4.69, 9.17) is 14.2 Å². The van der Waals surface area contributed by atoms with E-state index in [1.54, 1.807) is 7.11 Å². The molecule has 0 unspecified atom stereocenters. The molecule has 16 heavy (non-hydrogen) atoms. The molecular formula is C13H19O3. The second-order valence-corrected chi connectivity index (χ2v) is 3.42. The second kappa shape index (κ2) is 6.99. The third-order valence-electron chi connectivity index (χ3n) is 1.98. The fourth-order valence-electron chi connectivity index (χ4n) is 1.21. The van der Waals surface area contributed by atoms with Crippen molar-refractivity contribution in [1.29, 1.82) is 0 Å². The molecule has 0 atom stereocenters. The highest BCUT2D eigenvalue weighted by atomic mass is 16.5. The Morgan fingerprint density at radius 2 is 1.75 bits per heavy atom. The zero-order valence-corrected chi connectivity index (χ0v) is 10.2. The maximum atomic E-state index is 5.54. The van der Waals surface area contributed by atoms with Crippen molar-refractivity contribution in [3.63, 3.8) is 0 Å². The van der Waals surface area contributed by atoms with Crippen LogP contribution in [0.5, 0.6) is 17.2 Å². The molecule has 3 heteroatoms. The van der Waals surface area contributed by atoms with Gasteiger partial charge >= 0.3 is 0 Å². The van der Waals surface area contributed by atoms with Crippen LogP contribution in [0.3, 0.4) is 0 Å². The van der Waals surface area contributed by atoms with Gasteiger partial charge < -0.3 is 14.2 Å². The molecule has 0 aliphatic heterocycles. The number of hydrogen-bond donors (Lipinski definition) is 0. The normalized spacial score (nSPS) is 9.94. The third-order valence-corrected chi connectivity index (χ3v) is 1.98. The minimum absolute atomic E-state index is 0.623. The molecule has 1 rings (SSSR count). The predicted octanol–water partition coefficient (Wildman–Crippen LogP) is 3.07. The van der Waals surface area contributed by atoms with Gasteiger partial charge in [-0.3, -0.25) is 0 Å². The zero-order valence-electron chi connectivity index (χ0n) is 10.2. The number of rotatable bonds is 7. The Morgan fingerprint density at radius 1 is 1.06 bits per heavy atom. The summed E-state index contributed by atoms with van der Waals surface area (Å²) >= 11 is 0. The summed E-state index contributed by atoms with van der Waals surface area (Å²) in [6.45, 7) is 5.47. The fraction of sp³-hybridized carbons (Fsp3) is 0.538. The monoisotopic (exact) mass is 223 g/mol.